The van der Waals surface area contributed by atoms with Crippen LogP contribution in [0.1, 0.15) is 22.8 Å². The van der Waals surface area contributed by atoms with E-state index in [0.717, 1.165) is 21.2 Å². The second kappa shape index (κ2) is 8.26. The molecule has 0 atom stereocenters. The average molecular weight is 440 g/mol. The zero-order chi connectivity index (χ0) is 16.8. The summed E-state index contributed by atoms with van der Waals surface area (Å²) in [4.78, 5) is 12.3. The van der Waals surface area contributed by atoms with Crippen molar-refractivity contribution in [1.82, 2.24) is 5.32 Å². The van der Waals surface area contributed by atoms with Gasteiger partial charge in [0.25, 0.3) is 5.91 Å². The molecule has 0 bridgehead atoms. The second-order valence-corrected chi connectivity index (χ2v) is 6.42. The maximum Gasteiger partial charge on any atom is 0.261 e. The normalized spacial score (nSPS) is 10.0. The molecule has 0 fully saturated rings. The molecule has 0 saturated heterocycles. The van der Waals surface area contributed by atoms with Crippen LogP contribution in [0.5, 0.6) is 5.75 Å². The number of thiocarbonyl (C=S) groups is 1. The summed E-state index contributed by atoms with van der Waals surface area (Å²) in [5.41, 5.74) is 2.49. The number of anilines is 1. The van der Waals surface area contributed by atoms with E-state index in [-0.39, 0.29) is 11.0 Å². The van der Waals surface area contributed by atoms with E-state index in [2.05, 4.69) is 46.2 Å². The molecule has 0 unspecified atom stereocenters. The number of halogens is 1. The molecule has 2 aromatic carbocycles. The third-order valence-corrected chi connectivity index (χ3v) is 4.15. The number of para-hydroxylation sites is 1. The molecular weight excluding hydrogens is 423 g/mol. The number of nitrogens with one attached hydrogen (secondary N) is 2. The van der Waals surface area contributed by atoms with Crippen molar-refractivity contribution in [3.63, 3.8) is 0 Å². The number of amides is 1. The maximum absolute atomic E-state index is 12.3. The fourth-order valence-electron chi connectivity index (χ4n) is 2.13. The van der Waals surface area contributed by atoms with E-state index in [4.69, 9.17) is 17.0 Å². The number of aryl methyl sites for hydroxylation is 1. The van der Waals surface area contributed by atoms with Crippen LogP contribution in [-0.2, 0) is 6.42 Å². The lowest BCUT2D eigenvalue weighted by Gasteiger charge is -2.14. The molecule has 2 rings (SSSR count). The predicted octanol–water partition coefficient (Wildman–Crippen LogP) is 3.99. The third-order valence-electron chi connectivity index (χ3n) is 3.28. The number of carbonyl (C=O) groups excluding carboxylic acids is 1. The molecule has 0 aliphatic heterocycles. The monoisotopic (exact) mass is 440 g/mol. The van der Waals surface area contributed by atoms with E-state index >= 15 is 0 Å². The number of rotatable bonds is 4. The lowest BCUT2D eigenvalue weighted by atomic mass is 10.1. The molecule has 0 spiro atoms. The van der Waals surface area contributed by atoms with Gasteiger partial charge in [-0.2, -0.15) is 0 Å². The molecule has 6 heteroatoms. The van der Waals surface area contributed by atoms with Gasteiger partial charge in [-0.15, -0.1) is 0 Å². The van der Waals surface area contributed by atoms with Crippen molar-refractivity contribution in [3.05, 3.63) is 57.2 Å². The van der Waals surface area contributed by atoms with Gasteiger partial charge in [0, 0.05) is 9.26 Å². The molecule has 1 amide bonds. The van der Waals surface area contributed by atoms with Gasteiger partial charge < -0.3 is 10.1 Å². The van der Waals surface area contributed by atoms with Gasteiger partial charge in [-0.25, -0.2) is 0 Å². The zero-order valence-corrected chi connectivity index (χ0v) is 15.8. The van der Waals surface area contributed by atoms with Crippen LogP contribution in [-0.4, -0.2) is 18.1 Å². The molecule has 0 aliphatic carbocycles. The standard InChI is InChI=1S/C17H17IN2O2S/c1-3-11-10-12(18)8-9-14(11)19-17(23)20-16(21)13-6-4-5-7-15(13)22-2/h4-10H,3H2,1-2H3,(H2,19,20,21,23). The van der Waals surface area contributed by atoms with Crippen molar-refractivity contribution in [2.75, 3.05) is 12.4 Å². The summed E-state index contributed by atoms with van der Waals surface area (Å²) in [5.74, 6) is 0.208. The highest BCUT2D eigenvalue weighted by molar-refractivity contribution is 14.1. The first-order valence-corrected chi connectivity index (χ1v) is 8.57. The zero-order valence-electron chi connectivity index (χ0n) is 12.9. The van der Waals surface area contributed by atoms with Gasteiger partial charge in [-0.05, 0) is 77.1 Å². The predicted molar refractivity (Wildman–Crippen MR) is 105 cm³/mol. The summed E-state index contributed by atoms with van der Waals surface area (Å²) in [6, 6.07) is 13.1. The maximum atomic E-state index is 12.3. The van der Waals surface area contributed by atoms with Crippen molar-refractivity contribution in [3.8, 4) is 5.75 Å². The Morgan fingerprint density at radius 1 is 1.26 bits per heavy atom. The molecular formula is C17H17IN2O2S. The van der Waals surface area contributed by atoms with E-state index in [1.807, 2.05) is 18.2 Å². The SMILES string of the molecule is CCc1cc(I)ccc1NC(=S)NC(=O)c1ccccc1OC. The number of benzene rings is 2. The van der Waals surface area contributed by atoms with E-state index in [0.29, 0.717) is 11.3 Å². The summed E-state index contributed by atoms with van der Waals surface area (Å²) in [5, 5.41) is 6.03. The van der Waals surface area contributed by atoms with Crippen LogP contribution in [0, 0.1) is 3.57 Å². The van der Waals surface area contributed by atoms with Crippen LogP contribution < -0.4 is 15.4 Å². The summed E-state index contributed by atoms with van der Waals surface area (Å²) >= 11 is 7.52. The Hall–Kier alpha value is -1.67. The van der Waals surface area contributed by atoms with Crippen LogP contribution in [0.15, 0.2) is 42.5 Å². The third kappa shape index (κ3) is 4.65. The Kier molecular flexibility index (Phi) is 6.35. The fourth-order valence-corrected chi connectivity index (χ4v) is 2.89. The first-order valence-electron chi connectivity index (χ1n) is 7.09. The number of ether oxygens (including phenoxy) is 1. The molecule has 0 heterocycles. The van der Waals surface area contributed by atoms with Crippen molar-refractivity contribution in [1.29, 1.82) is 0 Å². The van der Waals surface area contributed by atoms with Crippen LogP contribution in [0.25, 0.3) is 0 Å². The largest absolute Gasteiger partial charge is 0.496 e. The van der Waals surface area contributed by atoms with Gasteiger partial charge in [0.1, 0.15) is 5.75 Å². The van der Waals surface area contributed by atoms with Crippen LogP contribution in [0.4, 0.5) is 5.69 Å². The number of hydrogen-bond donors (Lipinski definition) is 2. The van der Waals surface area contributed by atoms with Gasteiger partial charge in [0.15, 0.2) is 5.11 Å². The molecule has 2 aromatic rings. The summed E-state index contributed by atoms with van der Waals surface area (Å²) < 4.78 is 6.35. The Morgan fingerprint density at radius 2 is 2.00 bits per heavy atom. The summed E-state index contributed by atoms with van der Waals surface area (Å²) in [6.07, 6.45) is 0.877. The van der Waals surface area contributed by atoms with E-state index in [9.17, 15) is 4.79 Å². The van der Waals surface area contributed by atoms with Crippen LogP contribution >= 0.6 is 34.8 Å². The second-order valence-electron chi connectivity index (χ2n) is 4.76. The summed E-state index contributed by atoms with van der Waals surface area (Å²) in [6.45, 7) is 2.08. The van der Waals surface area contributed by atoms with Gasteiger partial charge in [-0.3, -0.25) is 10.1 Å². The first-order chi connectivity index (χ1) is 11.0. The number of methoxy groups -OCH3 is 1. The number of hydrogen-bond acceptors (Lipinski definition) is 3. The molecule has 120 valence electrons. The molecule has 23 heavy (non-hydrogen) atoms. The van der Waals surface area contributed by atoms with E-state index < -0.39 is 0 Å². The van der Waals surface area contributed by atoms with Crippen LogP contribution in [0.3, 0.4) is 0 Å². The number of carbonyl (C=O) groups is 1. The van der Waals surface area contributed by atoms with E-state index in [1.165, 1.54) is 7.11 Å². The van der Waals surface area contributed by atoms with Crippen LogP contribution in [0.2, 0.25) is 0 Å². The minimum absolute atomic E-state index is 0.261. The lowest BCUT2D eigenvalue weighted by molar-refractivity contribution is 0.0975. The van der Waals surface area contributed by atoms with Gasteiger partial charge in [0.05, 0.1) is 12.7 Å². The van der Waals surface area contributed by atoms with E-state index in [1.54, 1.807) is 18.2 Å². The highest BCUT2D eigenvalue weighted by Crippen LogP contribution is 2.20. The van der Waals surface area contributed by atoms with Crippen molar-refractivity contribution < 1.29 is 9.53 Å². The highest BCUT2D eigenvalue weighted by Gasteiger charge is 2.13. The van der Waals surface area contributed by atoms with Crippen molar-refractivity contribution in [2.45, 2.75) is 13.3 Å². The molecule has 0 saturated carbocycles. The lowest BCUT2D eigenvalue weighted by Crippen LogP contribution is -2.34. The minimum Gasteiger partial charge on any atom is -0.496 e. The van der Waals surface area contributed by atoms with Gasteiger partial charge in [-0.1, -0.05) is 19.1 Å². The molecule has 0 aromatic heterocycles. The topological polar surface area (TPSA) is 50.4 Å². The smallest absolute Gasteiger partial charge is 0.261 e. The Bertz CT molecular complexity index is 734. The molecule has 4 nitrogen and oxygen atoms in total. The first kappa shape index (κ1) is 17.7. The summed E-state index contributed by atoms with van der Waals surface area (Å²) in [7, 11) is 1.53. The Balaban J connectivity index is 2.09. The molecule has 0 aliphatic rings. The minimum atomic E-state index is -0.302. The highest BCUT2D eigenvalue weighted by atomic mass is 127. The van der Waals surface area contributed by atoms with Gasteiger partial charge >= 0.3 is 0 Å². The van der Waals surface area contributed by atoms with Crippen molar-refractivity contribution >= 4 is 51.5 Å². The molecule has 0 radical (unpaired) electrons. The van der Waals surface area contributed by atoms with Crippen molar-refractivity contribution in [2.24, 2.45) is 0 Å². The quantitative estimate of drug-likeness (QED) is 0.558. The fraction of sp³-hybridized carbons (Fsp3) is 0.176. The Labute approximate surface area is 154 Å². The molecule has 2 N–H and O–H groups in total. The Morgan fingerprint density at radius 3 is 2.70 bits per heavy atom. The average Bonchev–Trinajstić information content (AvgIpc) is 2.56. The van der Waals surface area contributed by atoms with Gasteiger partial charge in [0.2, 0.25) is 0 Å².